The first-order chi connectivity index (χ1) is 11.2. The number of rotatable bonds is 5. The van der Waals surface area contributed by atoms with E-state index in [2.05, 4.69) is 67.7 Å². The van der Waals surface area contributed by atoms with Gasteiger partial charge >= 0.3 is 0 Å². The molecule has 1 saturated carbocycles. The lowest BCUT2D eigenvalue weighted by Crippen LogP contribution is -2.35. The van der Waals surface area contributed by atoms with Gasteiger partial charge in [0.1, 0.15) is 0 Å². The van der Waals surface area contributed by atoms with Crippen LogP contribution in [0.5, 0.6) is 0 Å². The van der Waals surface area contributed by atoms with Gasteiger partial charge in [-0.3, -0.25) is 4.98 Å². The molecule has 1 aliphatic rings. The van der Waals surface area contributed by atoms with E-state index in [0.717, 1.165) is 5.69 Å². The summed E-state index contributed by atoms with van der Waals surface area (Å²) < 4.78 is 0. The molecule has 122 valence electrons. The zero-order valence-electron chi connectivity index (χ0n) is 14.3. The molecular formula is C21H28N2. The Balaban J connectivity index is 1.89. The minimum atomic E-state index is 0.374. The molecule has 2 heteroatoms. The van der Waals surface area contributed by atoms with E-state index in [9.17, 15) is 0 Å². The van der Waals surface area contributed by atoms with Crippen LogP contribution in [0.15, 0.2) is 48.5 Å². The van der Waals surface area contributed by atoms with Crippen LogP contribution in [0.3, 0.4) is 0 Å². The van der Waals surface area contributed by atoms with Crippen LogP contribution >= 0.6 is 0 Å². The fourth-order valence-corrected chi connectivity index (χ4v) is 3.68. The first-order valence-corrected chi connectivity index (χ1v) is 9.02. The number of nitrogens with zero attached hydrogens (tertiary/aromatic N) is 1. The molecule has 1 aromatic carbocycles. The summed E-state index contributed by atoms with van der Waals surface area (Å²) >= 11 is 0. The van der Waals surface area contributed by atoms with Gasteiger partial charge in [0.25, 0.3) is 0 Å². The van der Waals surface area contributed by atoms with E-state index in [1.165, 1.54) is 43.4 Å². The number of pyridine rings is 1. The third-order valence-electron chi connectivity index (χ3n) is 4.79. The molecule has 1 aromatic heterocycles. The van der Waals surface area contributed by atoms with Crippen LogP contribution in [0.2, 0.25) is 0 Å². The molecule has 0 aliphatic heterocycles. The molecule has 0 amide bonds. The summed E-state index contributed by atoms with van der Waals surface area (Å²) in [6, 6.07) is 17.8. The minimum Gasteiger partial charge on any atom is -0.306 e. The van der Waals surface area contributed by atoms with Crippen molar-refractivity contribution in [3.05, 3.63) is 54.2 Å². The predicted molar refractivity (Wildman–Crippen MR) is 97.3 cm³/mol. The van der Waals surface area contributed by atoms with Crippen molar-refractivity contribution in [3.63, 3.8) is 0 Å². The third-order valence-corrected chi connectivity index (χ3v) is 4.79. The second kappa shape index (κ2) is 7.74. The molecule has 1 N–H and O–H groups in total. The molecule has 2 aromatic rings. The molecule has 1 heterocycles. The van der Waals surface area contributed by atoms with Crippen molar-refractivity contribution >= 4 is 0 Å². The highest BCUT2D eigenvalue weighted by atomic mass is 15.0. The molecule has 1 atom stereocenters. The van der Waals surface area contributed by atoms with Crippen LogP contribution in [0.4, 0.5) is 0 Å². The molecule has 1 unspecified atom stereocenters. The summed E-state index contributed by atoms with van der Waals surface area (Å²) in [5.74, 6) is 0.713. The van der Waals surface area contributed by atoms with Gasteiger partial charge in [-0.05, 0) is 30.9 Å². The Hall–Kier alpha value is -1.67. The first-order valence-electron chi connectivity index (χ1n) is 9.02. The largest absolute Gasteiger partial charge is 0.306 e. The van der Waals surface area contributed by atoms with Gasteiger partial charge in [-0.15, -0.1) is 0 Å². The smallest absolute Gasteiger partial charge is 0.0706 e. The van der Waals surface area contributed by atoms with Gasteiger partial charge in [-0.2, -0.15) is 0 Å². The van der Waals surface area contributed by atoms with Crippen LogP contribution < -0.4 is 5.32 Å². The maximum atomic E-state index is 5.01. The van der Waals surface area contributed by atoms with Gasteiger partial charge in [-0.25, -0.2) is 0 Å². The highest BCUT2D eigenvalue weighted by Crippen LogP contribution is 2.34. The Bertz CT molecular complexity index is 600. The summed E-state index contributed by atoms with van der Waals surface area (Å²) in [7, 11) is 0. The van der Waals surface area contributed by atoms with Gasteiger partial charge in [0, 0.05) is 11.6 Å². The molecule has 3 rings (SSSR count). The van der Waals surface area contributed by atoms with Crippen molar-refractivity contribution in [2.45, 2.75) is 58.0 Å². The Morgan fingerprint density at radius 3 is 2.35 bits per heavy atom. The lowest BCUT2D eigenvalue weighted by atomic mass is 9.82. The normalized spacial score (nSPS) is 17.3. The molecule has 0 radical (unpaired) electrons. The van der Waals surface area contributed by atoms with Crippen molar-refractivity contribution in [2.75, 3.05) is 0 Å². The van der Waals surface area contributed by atoms with E-state index in [-0.39, 0.29) is 0 Å². The zero-order chi connectivity index (χ0) is 16.1. The molecule has 1 aliphatic carbocycles. The lowest BCUT2D eigenvalue weighted by molar-refractivity contribution is 0.256. The Kier molecular flexibility index (Phi) is 5.45. The van der Waals surface area contributed by atoms with Gasteiger partial charge in [-0.1, -0.05) is 69.5 Å². The molecule has 0 bridgehead atoms. The summed E-state index contributed by atoms with van der Waals surface area (Å²) in [6.07, 6.45) is 6.75. The fourth-order valence-electron chi connectivity index (χ4n) is 3.68. The van der Waals surface area contributed by atoms with Crippen LogP contribution in [-0.2, 0) is 0 Å². The van der Waals surface area contributed by atoms with Crippen molar-refractivity contribution in [1.82, 2.24) is 10.3 Å². The van der Waals surface area contributed by atoms with E-state index in [1.54, 1.807) is 0 Å². The summed E-state index contributed by atoms with van der Waals surface area (Å²) in [4.78, 5) is 5.01. The summed E-state index contributed by atoms with van der Waals surface area (Å²) in [5, 5.41) is 3.78. The maximum Gasteiger partial charge on any atom is 0.0706 e. The van der Waals surface area contributed by atoms with Crippen LogP contribution in [-0.4, -0.2) is 11.0 Å². The number of hydrogen-bond acceptors (Lipinski definition) is 2. The number of aromatic nitrogens is 1. The third kappa shape index (κ3) is 4.20. The Morgan fingerprint density at radius 1 is 0.913 bits per heavy atom. The molecule has 23 heavy (non-hydrogen) atoms. The second-order valence-corrected chi connectivity index (χ2v) is 7.01. The van der Waals surface area contributed by atoms with Gasteiger partial charge in [0.2, 0.25) is 0 Å². The van der Waals surface area contributed by atoms with Crippen molar-refractivity contribution in [3.8, 4) is 11.3 Å². The number of hydrogen-bond donors (Lipinski definition) is 1. The summed E-state index contributed by atoms with van der Waals surface area (Å²) in [6.45, 7) is 4.47. The van der Waals surface area contributed by atoms with Crippen LogP contribution in [0.1, 0.15) is 57.7 Å². The molecule has 1 fully saturated rings. The van der Waals surface area contributed by atoms with Crippen molar-refractivity contribution in [2.24, 2.45) is 5.92 Å². The minimum absolute atomic E-state index is 0.374. The van der Waals surface area contributed by atoms with Crippen LogP contribution in [0.25, 0.3) is 11.3 Å². The average Bonchev–Trinajstić information content (AvgIpc) is 2.61. The molecular weight excluding hydrogens is 280 g/mol. The van der Waals surface area contributed by atoms with E-state index in [1.807, 2.05) is 0 Å². The van der Waals surface area contributed by atoms with E-state index >= 15 is 0 Å². The highest BCUT2D eigenvalue weighted by molar-refractivity contribution is 5.58. The number of benzene rings is 1. The Morgan fingerprint density at radius 2 is 1.65 bits per heavy atom. The second-order valence-electron chi connectivity index (χ2n) is 7.01. The fraction of sp³-hybridized carbons (Fsp3) is 0.476. The van der Waals surface area contributed by atoms with Crippen molar-refractivity contribution in [1.29, 1.82) is 0 Å². The van der Waals surface area contributed by atoms with E-state index < -0.39 is 0 Å². The SMILES string of the molecule is CC(C)NC(c1cccc(-c2ccccc2)n1)C1CCCCC1. The standard InChI is InChI=1S/C21H28N2/c1-16(2)22-21(18-12-7-4-8-13-18)20-15-9-14-19(23-20)17-10-5-3-6-11-17/h3,5-6,9-11,14-16,18,21-22H,4,7-8,12-13H2,1-2H3. The Labute approximate surface area is 140 Å². The van der Waals surface area contributed by atoms with Gasteiger partial charge in [0.15, 0.2) is 0 Å². The average molecular weight is 308 g/mol. The topological polar surface area (TPSA) is 24.9 Å². The molecule has 2 nitrogen and oxygen atoms in total. The molecule has 0 saturated heterocycles. The van der Waals surface area contributed by atoms with Gasteiger partial charge < -0.3 is 5.32 Å². The van der Waals surface area contributed by atoms with Crippen molar-refractivity contribution < 1.29 is 0 Å². The van der Waals surface area contributed by atoms with Gasteiger partial charge in [0.05, 0.1) is 17.4 Å². The lowest BCUT2D eigenvalue weighted by Gasteiger charge is -2.32. The molecule has 0 spiro atoms. The van der Waals surface area contributed by atoms with Crippen LogP contribution in [0, 0.1) is 5.92 Å². The van der Waals surface area contributed by atoms with E-state index in [0.29, 0.717) is 18.0 Å². The zero-order valence-corrected chi connectivity index (χ0v) is 14.3. The maximum absolute atomic E-state index is 5.01. The quantitative estimate of drug-likeness (QED) is 0.803. The van der Waals surface area contributed by atoms with E-state index in [4.69, 9.17) is 4.98 Å². The number of nitrogens with one attached hydrogen (secondary N) is 1. The predicted octanol–water partition coefficient (Wildman–Crippen LogP) is 5.37. The summed E-state index contributed by atoms with van der Waals surface area (Å²) in [5.41, 5.74) is 3.47. The highest BCUT2D eigenvalue weighted by Gasteiger charge is 2.26. The first kappa shape index (κ1) is 16.2. The monoisotopic (exact) mass is 308 g/mol.